The number of rotatable bonds is 4. The number of aryl methyl sites for hydroxylation is 2. The summed E-state index contributed by atoms with van der Waals surface area (Å²) < 4.78 is 1.15. The van der Waals surface area contributed by atoms with Crippen molar-refractivity contribution < 1.29 is 4.79 Å². The maximum atomic E-state index is 12.1. The summed E-state index contributed by atoms with van der Waals surface area (Å²) in [6, 6.07) is 8.77. The Labute approximate surface area is 138 Å². The number of para-hydroxylation sites is 1. The number of nitrogens with one attached hydrogen (secondary N) is 1. The normalized spacial score (nSPS) is 10.2. The minimum absolute atomic E-state index is 0.0471. The number of nitrogens with zero attached hydrogens (tertiary/aromatic N) is 3. The Bertz CT molecular complexity index is 852. The van der Waals surface area contributed by atoms with Gasteiger partial charge in [-0.05, 0) is 31.5 Å². The van der Waals surface area contributed by atoms with Crippen LogP contribution in [0.15, 0.2) is 29.1 Å². The van der Waals surface area contributed by atoms with Gasteiger partial charge in [0.2, 0.25) is 5.91 Å². The zero-order valence-corrected chi connectivity index (χ0v) is 13.5. The maximum Gasteiger partial charge on any atom is 0.284 e. The van der Waals surface area contributed by atoms with Gasteiger partial charge in [-0.1, -0.05) is 23.7 Å². The Balaban J connectivity index is 2.11. The second-order valence-corrected chi connectivity index (χ2v) is 5.41. The Kier molecular flexibility index (Phi) is 5.14. The molecule has 0 bridgehead atoms. The van der Waals surface area contributed by atoms with Crippen LogP contribution in [0.4, 0.5) is 5.69 Å². The van der Waals surface area contributed by atoms with Gasteiger partial charge in [-0.15, -0.1) is 0 Å². The van der Waals surface area contributed by atoms with E-state index in [2.05, 4.69) is 10.4 Å². The summed E-state index contributed by atoms with van der Waals surface area (Å²) in [5.74, 6) is -0.288. The largest absolute Gasteiger partial charge is 0.325 e. The zero-order valence-electron chi connectivity index (χ0n) is 12.8. The third kappa shape index (κ3) is 3.76. The fourth-order valence-corrected chi connectivity index (χ4v) is 2.22. The van der Waals surface area contributed by atoms with Crippen molar-refractivity contribution >= 4 is 23.2 Å². The van der Waals surface area contributed by atoms with E-state index in [0.29, 0.717) is 22.0 Å². The molecular formula is C16H15ClN4O2. The molecule has 1 aromatic heterocycles. The van der Waals surface area contributed by atoms with Crippen LogP contribution in [0.2, 0.25) is 5.02 Å². The van der Waals surface area contributed by atoms with Crippen molar-refractivity contribution in [2.45, 2.75) is 26.8 Å². The summed E-state index contributed by atoms with van der Waals surface area (Å²) in [6.45, 7) is 3.48. The first-order valence-electron chi connectivity index (χ1n) is 6.97. The smallest absolute Gasteiger partial charge is 0.284 e. The van der Waals surface area contributed by atoms with E-state index < -0.39 is 5.56 Å². The lowest BCUT2D eigenvalue weighted by Gasteiger charge is -2.10. The minimum Gasteiger partial charge on any atom is -0.325 e. The van der Waals surface area contributed by atoms with Crippen molar-refractivity contribution in [3.63, 3.8) is 0 Å². The molecule has 0 aliphatic rings. The van der Waals surface area contributed by atoms with E-state index in [4.69, 9.17) is 16.9 Å². The molecule has 118 valence electrons. The van der Waals surface area contributed by atoms with E-state index in [-0.39, 0.29) is 24.4 Å². The van der Waals surface area contributed by atoms with E-state index in [9.17, 15) is 9.59 Å². The van der Waals surface area contributed by atoms with Gasteiger partial charge in [0.1, 0.15) is 11.6 Å². The molecule has 1 N–H and O–H groups in total. The van der Waals surface area contributed by atoms with Crippen LogP contribution < -0.4 is 10.9 Å². The highest BCUT2D eigenvalue weighted by molar-refractivity contribution is 6.33. The highest BCUT2D eigenvalue weighted by Gasteiger charge is 2.13. The van der Waals surface area contributed by atoms with Crippen molar-refractivity contribution in [2.24, 2.45) is 0 Å². The number of hydrogen-bond donors (Lipinski definition) is 1. The van der Waals surface area contributed by atoms with Crippen LogP contribution in [0.5, 0.6) is 0 Å². The van der Waals surface area contributed by atoms with Gasteiger partial charge in [-0.3, -0.25) is 9.59 Å². The minimum atomic E-state index is -0.485. The monoisotopic (exact) mass is 330 g/mol. The highest BCUT2D eigenvalue weighted by atomic mass is 35.5. The van der Waals surface area contributed by atoms with Crippen molar-refractivity contribution in [3.05, 3.63) is 56.5 Å². The van der Waals surface area contributed by atoms with Gasteiger partial charge < -0.3 is 5.32 Å². The van der Waals surface area contributed by atoms with Gasteiger partial charge in [-0.2, -0.15) is 10.4 Å². The molecule has 1 amide bonds. The summed E-state index contributed by atoms with van der Waals surface area (Å²) in [6.07, 6.45) is 0.0471. The summed E-state index contributed by atoms with van der Waals surface area (Å²) >= 11 is 5.97. The van der Waals surface area contributed by atoms with Crippen molar-refractivity contribution in [1.82, 2.24) is 9.78 Å². The first-order chi connectivity index (χ1) is 10.9. The van der Waals surface area contributed by atoms with Crippen LogP contribution in [0.25, 0.3) is 0 Å². The number of anilines is 1. The summed E-state index contributed by atoms with van der Waals surface area (Å²) in [5.41, 5.74) is 1.24. The SMILES string of the molecule is Cc1nn(CCC(=O)Nc2ccccc2Cl)c(=O)c(C#N)c1C. The number of halogens is 1. The van der Waals surface area contributed by atoms with Crippen molar-refractivity contribution in [2.75, 3.05) is 5.32 Å². The fraction of sp³-hybridized carbons (Fsp3) is 0.250. The molecule has 0 radical (unpaired) electrons. The maximum absolute atomic E-state index is 12.1. The first kappa shape index (κ1) is 16.7. The lowest BCUT2D eigenvalue weighted by Crippen LogP contribution is -2.29. The molecule has 1 aromatic carbocycles. The third-order valence-electron chi connectivity index (χ3n) is 3.45. The first-order valence-corrected chi connectivity index (χ1v) is 7.34. The van der Waals surface area contributed by atoms with Crippen molar-refractivity contribution in [1.29, 1.82) is 5.26 Å². The average Bonchev–Trinajstić information content (AvgIpc) is 2.52. The third-order valence-corrected chi connectivity index (χ3v) is 3.78. The summed E-state index contributed by atoms with van der Waals surface area (Å²) in [4.78, 5) is 24.1. The quantitative estimate of drug-likeness (QED) is 0.932. The van der Waals surface area contributed by atoms with Gasteiger partial charge in [0, 0.05) is 6.42 Å². The molecule has 2 rings (SSSR count). The molecule has 0 aliphatic carbocycles. The number of amides is 1. The molecule has 23 heavy (non-hydrogen) atoms. The molecule has 0 saturated heterocycles. The van der Waals surface area contributed by atoms with Crippen LogP contribution in [0, 0.1) is 25.2 Å². The molecule has 0 fully saturated rings. The molecular weight excluding hydrogens is 316 g/mol. The number of carbonyl (C=O) groups excluding carboxylic acids is 1. The molecule has 7 heteroatoms. The van der Waals surface area contributed by atoms with E-state index in [0.717, 1.165) is 4.68 Å². The van der Waals surface area contributed by atoms with Gasteiger partial charge in [0.15, 0.2) is 0 Å². The van der Waals surface area contributed by atoms with Crippen LogP contribution in [0.1, 0.15) is 23.2 Å². The lowest BCUT2D eigenvalue weighted by atomic mass is 10.1. The Morgan fingerprint density at radius 1 is 1.39 bits per heavy atom. The zero-order chi connectivity index (χ0) is 17.0. The number of aromatic nitrogens is 2. The number of benzene rings is 1. The Morgan fingerprint density at radius 2 is 2.09 bits per heavy atom. The van der Waals surface area contributed by atoms with E-state index in [1.54, 1.807) is 38.1 Å². The van der Waals surface area contributed by atoms with Gasteiger partial charge in [0.05, 0.1) is 22.9 Å². The molecule has 0 saturated carbocycles. The predicted octanol–water partition coefficient (Wildman–Crippen LogP) is 2.41. The molecule has 1 heterocycles. The molecule has 0 atom stereocenters. The summed E-state index contributed by atoms with van der Waals surface area (Å²) in [7, 11) is 0. The lowest BCUT2D eigenvalue weighted by molar-refractivity contribution is -0.116. The molecule has 0 spiro atoms. The fourth-order valence-electron chi connectivity index (χ4n) is 2.04. The number of carbonyl (C=O) groups is 1. The topological polar surface area (TPSA) is 87.8 Å². The van der Waals surface area contributed by atoms with Gasteiger partial charge >= 0.3 is 0 Å². The van der Waals surface area contributed by atoms with Gasteiger partial charge in [0.25, 0.3) is 5.56 Å². The summed E-state index contributed by atoms with van der Waals surface area (Å²) in [5, 5.41) is 16.3. The molecule has 2 aromatic rings. The standard InChI is InChI=1S/C16H15ClN4O2/c1-10-11(2)20-21(16(23)12(10)9-18)8-7-15(22)19-14-6-4-3-5-13(14)17/h3-6H,7-8H2,1-2H3,(H,19,22). The van der Waals surface area contributed by atoms with Crippen LogP contribution in [-0.4, -0.2) is 15.7 Å². The van der Waals surface area contributed by atoms with Crippen LogP contribution in [-0.2, 0) is 11.3 Å². The number of nitriles is 1. The Morgan fingerprint density at radius 3 is 2.74 bits per heavy atom. The second-order valence-electron chi connectivity index (χ2n) is 5.00. The Hall–Kier alpha value is -2.65. The van der Waals surface area contributed by atoms with Gasteiger partial charge in [-0.25, -0.2) is 4.68 Å². The average molecular weight is 331 g/mol. The van der Waals surface area contributed by atoms with E-state index in [1.165, 1.54) is 0 Å². The highest BCUT2D eigenvalue weighted by Crippen LogP contribution is 2.20. The molecule has 0 aliphatic heterocycles. The van der Waals surface area contributed by atoms with Crippen LogP contribution in [0.3, 0.4) is 0 Å². The van der Waals surface area contributed by atoms with Crippen molar-refractivity contribution in [3.8, 4) is 6.07 Å². The predicted molar refractivity (Wildman–Crippen MR) is 87.4 cm³/mol. The van der Waals surface area contributed by atoms with Crippen LogP contribution >= 0.6 is 11.6 Å². The number of hydrogen-bond acceptors (Lipinski definition) is 4. The van der Waals surface area contributed by atoms with E-state index in [1.807, 2.05) is 6.07 Å². The second kappa shape index (κ2) is 7.07. The van der Waals surface area contributed by atoms with E-state index >= 15 is 0 Å². The molecule has 0 unspecified atom stereocenters. The molecule has 6 nitrogen and oxygen atoms in total.